The normalized spacial score (nSPS) is 29.7. The maximum Gasteiger partial charge on any atom is 0.410 e. The number of nitrogens with zero attached hydrogens (tertiary/aromatic N) is 4. The zero-order valence-corrected chi connectivity index (χ0v) is 55.8. The molecule has 3 aliphatic heterocycles. The van der Waals surface area contributed by atoms with Crippen molar-refractivity contribution in [1.29, 1.82) is 0 Å². The molecule has 5 unspecified atom stereocenters. The maximum absolute atomic E-state index is 14.8. The first-order valence-corrected chi connectivity index (χ1v) is 32.7. The van der Waals surface area contributed by atoms with Crippen LogP contribution in [0.1, 0.15) is 173 Å². The van der Waals surface area contributed by atoms with Gasteiger partial charge in [-0.25, -0.2) is 14.4 Å². The average Bonchev–Trinajstić information content (AvgIpc) is 0.622. The van der Waals surface area contributed by atoms with E-state index in [-0.39, 0.29) is 70.7 Å². The Morgan fingerprint density at radius 1 is 0.437 bits per heavy atom. The van der Waals surface area contributed by atoms with E-state index in [1.807, 2.05) is 125 Å². The minimum atomic E-state index is -0.695. The minimum Gasteiger partial charge on any atom is -0.460 e. The van der Waals surface area contributed by atoms with E-state index in [1.54, 1.807) is 14.7 Å². The molecule has 6 saturated carbocycles. The van der Waals surface area contributed by atoms with Crippen LogP contribution in [0.2, 0.25) is 0 Å². The highest BCUT2D eigenvalue weighted by Crippen LogP contribution is 3.11. The third-order valence-corrected chi connectivity index (χ3v) is 20.3. The summed E-state index contributed by atoms with van der Waals surface area (Å²) in [6.07, 6.45) is 2.63. The van der Waals surface area contributed by atoms with Crippen LogP contribution in [0.5, 0.6) is 0 Å². The molecule has 10 atom stereocenters. The molecule has 16 heteroatoms. The van der Waals surface area contributed by atoms with Gasteiger partial charge in [0.1, 0.15) is 33.6 Å². The Hall–Kier alpha value is -5.38. The Morgan fingerprint density at radius 3 is 1.07 bits per heavy atom. The van der Waals surface area contributed by atoms with Crippen molar-refractivity contribution in [2.24, 2.45) is 81.8 Å². The number of carbonyl (C=O) groups excluding carboxylic acids is 6. The molecule has 0 radical (unpaired) electrons. The van der Waals surface area contributed by atoms with E-state index >= 15 is 0 Å². The Labute approximate surface area is 519 Å². The number of carbonyl (C=O) groups is 6. The summed E-state index contributed by atoms with van der Waals surface area (Å²) >= 11 is 0. The van der Waals surface area contributed by atoms with Gasteiger partial charge in [-0.05, 0) is 249 Å². The van der Waals surface area contributed by atoms with Gasteiger partial charge in [0.25, 0.3) is 0 Å². The molecule has 16 nitrogen and oxygen atoms in total. The van der Waals surface area contributed by atoms with Crippen LogP contribution in [-0.4, -0.2) is 135 Å². The lowest BCUT2D eigenvalue weighted by molar-refractivity contribution is -0.664. The van der Waals surface area contributed by atoms with Crippen LogP contribution < -0.4 is 0 Å². The van der Waals surface area contributed by atoms with E-state index in [4.69, 9.17) is 28.4 Å². The molecule has 2 aromatic carbocycles. The first kappa shape index (κ1) is 64.6. The van der Waals surface area contributed by atoms with Crippen molar-refractivity contribution in [2.45, 2.75) is 210 Å². The van der Waals surface area contributed by atoms with Crippen molar-refractivity contribution in [1.82, 2.24) is 19.6 Å². The number of ether oxygens (including phenoxy) is 6. The molecule has 6 aliphatic carbocycles. The van der Waals surface area contributed by atoms with Gasteiger partial charge in [-0.2, -0.15) is 0 Å². The maximum atomic E-state index is 14.8. The lowest BCUT2D eigenvalue weighted by Gasteiger charge is -3.13. The van der Waals surface area contributed by atoms with Crippen molar-refractivity contribution in [3.05, 3.63) is 70.8 Å². The number of hydrogen-bond donors (Lipinski definition) is 0. The third-order valence-electron chi connectivity index (χ3n) is 20.3. The highest BCUT2D eigenvalue weighted by atomic mass is 16.6. The highest BCUT2D eigenvalue weighted by molar-refractivity contribution is 5.76. The van der Waals surface area contributed by atoms with Crippen molar-refractivity contribution >= 4 is 36.2 Å². The number of rotatable bonds is 18. The van der Waals surface area contributed by atoms with Crippen molar-refractivity contribution in [2.75, 3.05) is 45.8 Å². The highest BCUT2D eigenvalue weighted by Gasteiger charge is 3.09. The minimum absolute atomic E-state index is 0.00875. The summed E-state index contributed by atoms with van der Waals surface area (Å²) in [5.41, 5.74) is 0.369. The lowest BCUT2D eigenvalue weighted by atomic mass is 8.91. The number of benzene rings is 2. The van der Waals surface area contributed by atoms with E-state index in [9.17, 15) is 28.8 Å². The van der Waals surface area contributed by atoms with Gasteiger partial charge in [0.2, 0.25) is 0 Å². The molecule has 0 bridgehead atoms. The van der Waals surface area contributed by atoms with Crippen molar-refractivity contribution < 1.29 is 57.2 Å². The van der Waals surface area contributed by atoms with E-state index in [1.165, 1.54) is 0 Å². The van der Waals surface area contributed by atoms with Gasteiger partial charge in [-0.15, -0.1) is 0 Å². The molecule has 9 fully saturated rings. The first-order valence-electron chi connectivity index (χ1n) is 32.7. The summed E-state index contributed by atoms with van der Waals surface area (Å²) in [5.74, 6) is 1.60. The number of likely N-dealkylation sites (tertiary alicyclic amines) is 3. The third kappa shape index (κ3) is 13.2. The molecule has 87 heavy (non-hydrogen) atoms. The molecule has 3 amide bonds. The summed E-state index contributed by atoms with van der Waals surface area (Å²) in [5, 5.41) is 0. The molecule has 0 aromatic heterocycles. The second-order valence-corrected chi connectivity index (χ2v) is 33.6. The average molecular weight is 1210 g/mol. The van der Waals surface area contributed by atoms with Crippen LogP contribution in [0.15, 0.2) is 48.5 Å². The van der Waals surface area contributed by atoms with Gasteiger partial charge >= 0.3 is 36.2 Å². The Kier molecular flexibility index (Phi) is 17.0. The zero-order chi connectivity index (χ0) is 63.5. The van der Waals surface area contributed by atoms with Crippen LogP contribution >= 0.6 is 0 Å². The van der Waals surface area contributed by atoms with Gasteiger partial charge in [0.05, 0.1) is 17.8 Å². The van der Waals surface area contributed by atoms with E-state index in [0.717, 1.165) is 47.1 Å². The molecular weight excluding hydrogens is 1100 g/mol. The fraction of sp³-hybridized carbons (Fsp3) is 0.746. The largest absolute Gasteiger partial charge is 0.460 e. The predicted molar refractivity (Wildman–Crippen MR) is 331 cm³/mol. The number of esters is 3. The van der Waals surface area contributed by atoms with Crippen LogP contribution in [0.3, 0.4) is 0 Å². The van der Waals surface area contributed by atoms with E-state index in [2.05, 4.69) is 53.4 Å². The Bertz CT molecular complexity index is 2800. The predicted octanol–water partition coefficient (Wildman–Crippen LogP) is 12.5. The smallest absolute Gasteiger partial charge is 0.410 e. The Morgan fingerprint density at radius 2 is 0.736 bits per heavy atom. The van der Waals surface area contributed by atoms with Crippen molar-refractivity contribution in [3.63, 3.8) is 0 Å². The monoisotopic (exact) mass is 1200 g/mol. The zero-order valence-electron chi connectivity index (χ0n) is 55.8. The quantitative estimate of drug-likeness (QED) is 0.102. The fourth-order valence-electron chi connectivity index (χ4n) is 17.7. The molecule has 3 saturated heterocycles. The van der Waals surface area contributed by atoms with Crippen molar-refractivity contribution in [3.8, 4) is 0 Å². The SMILES string of the molecule is CC(C)(C)OC(=O)C(Cc1cccc(CN(Cc2cccc(C[C@H](C(=O)OC(C)(C)C)[C@H]3CCN(C(=O)OC(C)(C)C)C3)c2)CC23C4C5C6C4C2(C[C@H](C(=O)OC(C)(C)C)[C@H]2CCN(C(=O)OC(C)(C)C)C2)C6C53)c1)[C@H]1CCN(C(=O)OC(C)(C)C)C1. The summed E-state index contributed by atoms with van der Waals surface area (Å²) in [6, 6.07) is 17.3. The van der Waals surface area contributed by atoms with Crippen LogP contribution in [-0.2, 0) is 68.7 Å². The van der Waals surface area contributed by atoms with E-state index in [0.29, 0.717) is 108 Å². The summed E-state index contributed by atoms with van der Waals surface area (Å²) in [6.45, 7) is 39.0. The lowest BCUT2D eigenvalue weighted by Crippen LogP contribution is -3.11. The fourth-order valence-corrected chi connectivity index (χ4v) is 17.7. The molecular formula is C71H104N4O12. The van der Waals surface area contributed by atoms with E-state index < -0.39 is 45.4 Å². The first-order chi connectivity index (χ1) is 40.2. The van der Waals surface area contributed by atoms with Gasteiger partial charge in [-0.3, -0.25) is 19.3 Å². The van der Waals surface area contributed by atoms with Crippen LogP contribution in [0, 0.1) is 81.8 Å². The summed E-state index contributed by atoms with van der Waals surface area (Å²) in [7, 11) is 0. The summed E-state index contributed by atoms with van der Waals surface area (Å²) < 4.78 is 36.0. The van der Waals surface area contributed by atoms with Gasteiger partial charge in [-0.1, -0.05) is 48.5 Å². The molecule has 2 aromatic rings. The molecule has 0 spiro atoms. The molecule has 0 N–H and O–H groups in total. The second kappa shape index (κ2) is 22.8. The number of amides is 3. The molecule has 3 heterocycles. The van der Waals surface area contributed by atoms with Gasteiger partial charge in [0, 0.05) is 58.9 Å². The van der Waals surface area contributed by atoms with Gasteiger partial charge in [0.15, 0.2) is 0 Å². The molecule has 480 valence electrons. The number of hydrogen-bond acceptors (Lipinski definition) is 13. The van der Waals surface area contributed by atoms with Gasteiger partial charge < -0.3 is 43.1 Å². The molecule has 9 aliphatic rings. The molecule has 11 rings (SSSR count). The topological polar surface area (TPSA) is 171 Å². The summed E-state index contributed by atoms with van der Waals surface area (Å²) in [4.78, 5) is 91.4. The standard InChI is InChI=1S/C71H104N4O12/c1-64(2,3)82-58(76)49(46-25-28-73(38-46)61(79)85-67(10,11)12)33-42-21-19-23-44(31-42)36-72(37-45-24-20-22-43(32-45)34-50(59(77)83-65(4,5)6)47-26-29-74(39-47)62(80)86-68(13,14)15)41-71-56-53-52-54(56)70(71,55(52)57(53)71)35-51(60(78)84-66(7,8)9)48-27-30-75(40-48)63(81)87-69(16,17)18/h19-24,31-32,46-57H,25-30,33-41H2,1-18H3/t46-,47-,48-,49-,50?,51-,52?,53?,54?,55?,56?,57?,70?,71?/m0/s1. The second-order valence-electron chi connectivity index (χ2n) is 33.6. The van der Waals surface area contributed by atoms with Crippen LogP contribution in [0.25, 0.3) is 0 Å². The van der Waals surface area contributed by atoms with Crippen LogP contribution in [0.4, 0.5) is 14.4 Å². The Balaban J connectivity index is 0.948.